The Kier molecular flexibility index (Phi) is 5.08. The van der Waals surface area contributed by atoms with Gasteiger partial charge in [0.25, 0.3) is 0 Å². The highest BCUT2D eigenvalue weighted by molar-refractivity contribution is 5.81. The van der Waals surface area contributed by atoms with Crippen LogP contribution in [0.3, 0.4) is 0 Å². The molecule has 0 spiro atoms. The summed E-state index contributed by atoms with van der Waals surface area (Å²) in [7, 11) is 0. The number of esters is 2. The van der Waals surface area contributed by atoms with Gasteiger partial charge in [0.05, 0.1) is 13.2 Å². The second-order valence-corrected chi connectivity index (χ2v) is 7.52. The number of hydrogen-bond donors (Lipinski definition) is 0. The quantitative estimate of drug-likeness (QED) is 0.533. The lowest BCUT2D eigenvalue weighted by Gasteiger charge is -2.34. The topological polar surface area (TPSA) is 52.6 Å². The first-order valence-electron chi connectivity index (χ1n) is 9.02. The summed E-state index contributed by atoms with van der Waals surface area (Å²) in [5.41, 5.74) is 0. The van der Waals surface area contributed by atoms with Gasteiger partial charge in [-0.1, -0.05) is 6.58 Å². The molecule has 0 radical (unpaired) electrons. The first kappa shape index (κ1) is 16.5. The molecule has 6 atom stereocenters. The molecule has 128 valence electrons. The molecule has 3 aliphatic rings. The number of ether oxygens (including phenoxy) is 2. The molecule has 0 aliphatic heterocycles. The van der Waals surface area contributed by atoms with Crippen molar-refractivity contribution in [3.05, 3.63) is 12.7 Å². The van der Waals surface area contributed by atoms with Crippen molar-refractivity contribution in [1.29, 1.82) is 0 Å². The molecule has 23 heavy (non-hydrogen) atoms. The van der Waals surface area contributed by atoms with Gasteiger partial charge in [-0.25, -0.2) is 4.79 Å². The minimum atomic E-state index is -0.314. The van der Waals surface area contributed by atoms with E-state index in [-0.39, 0.29) is 11.9 Å². The predicted octanol–water partition coefficient (Wildman–Crippen LogP) is 3.36. The van der Waals surface area contributed by atoms with Crippen molar-refractivity contribution in [1.82, 2.24) is 0 Å². The van der Waals surface area contributed by atoms with E-state index in [1.54, 1.807) is 0 Å². The predicted molar refractivity (Wildman–Crippen MR) is 86.4 cm³/mol. The fraction of sp³-hybridized carbons (Fsp3) is 0.789. The zero-order chi connectivity index (χ0) is 16.4. The molecular weight excluding hydrogens is 292 g/mol. The smallest absolute Gasteiger partial charge is 0.330 e. The lowest BCUT2D eigenvalue weighted by atomic mass is 9.71. The van der Waals surface area contributed by atoms with Gasteiger partial charge in [-0.05, 0) is 74.0 Å². The second kappa shape index (κ2) is 7.06. The van der Waals surface area contributed by atoms with E-state index >= 15 is 0 Å². The monoisotopic (exact) mass is 320 g/mol. The molecule has 0 N–H and O–H groups in total. The summed E-state index contributed by atoms with van der Waals surface area (Å²) in [6, 6.07) is 0. The van der Waals surface area contributed by atoms with Crippen LogP contribution in [0.15, 0.2) is 12.7 Å². The average molecular weight is 320 g/mol. The highest BCUT2D eigenvalue weighted by Gasteiger charge is 2.56. The summed E-state index contributed by atoms with van der Waals surface area (Å²) in [5, 5.41) is 0. The molecule has 0 saturated heterocycles. The van der Waals surface area contributed by atoms with E-state index in [1.807, 2.05) is 0 Å². The normalized spacial score (nSPS) is 37.4. The van der Waals surface area contributed by atoms with Crippen molar-refractivity contribution < 1.29 is 19.1 Å². The van der Waals surface area contributed by atoms with Gasteiger partial charge >= 0.3 is 11.9 Å². The van der Waals surface area contributed by atoms with Gasteiger partial charge in [0.1, 0.15) is 0 Å². The molecule has 6 unspecified atom stereocenters. The van der Waals surface area contributed by atoms with Crippen LogP contribution >= 0.6 is 0 Å². The number of rotatable bonds is 7. The molecule has 0 aromatic heterocycles. The summed E-state index contributed by atoms with van der Waals surface area (Å²) in [6.45, 7) is 6.01. The van der Waals surface area contributed by atoms with Crippen molar-refractivity contribution in [2.45, 2.75) is 45.4 Å². The molecule has 3 rings (SSSR count). The SMILES string of the molecule is C=CC(=O)OCCC1CC2CC1C1C(CCOC(C)=O)CCC21. The summed E-state index contributed by atoms with van der Waals surface area (Å²) in [4.78, 5) is 22.1. The maximum atomic E-state index is 11.2. The Balaban J connectivity index is 1.51. The lowest BCUT2D eigenvalue weighted by Crippen LogP contribution is -2.29. The minimum absolute atomic E-state index is 0.172. The van der Waals surface area contributed by atoms with Crippen LogP contribution in [0.5, 0.6) is 0 Å². The molecule has 3 fully saturated rings. The van der Waals surface area contributed by atoms with E-state index in [2.05, 4.69) is 6.58 Å². The van der Waals surface area contributed by atoms with E-state index in [9.17, 15) is 9.59 Å². The average Bonchev–Trinajstić information content (AvgIpc) is 3.19. The van der Waals surface area contributed by atoms with Crippen LogP contribution in [-0.4, -0.2) is 25.2 Å². The van der Waals surface area contributed by atoms with Gasteiger partial charge in [0.15, 0.2) is 0 Å². The Hall–Kier alpha value is -1.32. The molecule has 0 heterocycles. The number of carbonyl (C=O) groups excluding carboxylic acids is 2. The van der Waals surface area contributed by atoms with Gasteiger partial charge in [-0.3, -0.25) is 4.79 Å². The maximum absolute atomic E-state index is 11.2. The van der Waals surface area contributed by atoms with Crippen LogP contribution < -0.4 is 0 Å². The summed E-state index contributed by atoms with van der Waals surface area (Å²) in [5.74, 6) is 4.31. The molecule has 0 aromatic rings. The van der Waals surface area contributed by atoms with E-state index < -0.39 is 0 Å². The minimum Gasteiger partial charge on any atom is -0.466 e. The fourth-order valence-electron chi connectivity index (χ4n) is 5.77. The highest BCUT2D eigenvalue weighted by atomic mass is 16.5. The second-order valence-electron chi connectivity index (χ2n) is 7.52. The molecular formula is C19H28O4. The van der Waals surface area contributed by atoms with Crippen molar-refractivity contribution >= 4 is 11.9 Å². The van der Waals surface area contributed by atoms with Gasteiger partial charge in [-0.15, -0.1) is 0 Å². The summed E-state index contributed by atoms with van der Waals surface area (Å²) < 4.78 is 10.3. The van der Waals surface area contributed by atoms with Crippen molar-refractivity contribution in [2.24, 2.45) is 35.5 Å². The molecule has 3 saturated carbocycles. The first-order chi connectivity index (χ1) is 11.1. The van der Waals surface area contributed by atoms with E-state index in [1.165, 1.54) is 38.7 Å². The lowest BCUT2D eigenvalue weighted by molar-refractivity contribution is -0.141. The Morgan fingerprint density at radius 2 is 1.78 bits per heavy atom. The Bertz CT molecular complexity index is 472. The van der Waals surface area contributed by atoms with Crippen molar-refractivity contribution in [3.63, 3.8) is 0 Å². The molecule has 3 aliphatic carbocycles. The number of fused-ring (bicyclic) bond motifs is 5. The molecule has 2 bridgehead atoms. The fourth-order valence-corrected chi connectivity index (χ4v) is 5.77. The molecule has 4 heteroatoms. The Morgan fingerprint density at radius 3 is 2.52 bits per heavy atom. The number of carbonyl (C=O) groups is 2. The number of hydrogen-bond acceptors (Lipinski definition) is 4. The van der Waals surface area contributed by atoms with E-state index in [4.69, 9.17) is 9.47 Å². The standard InChI is InChI=1S/C19H28O4/c1-3-18(21)23-9-7-14-10-15-11-17(14)19-13(4-5-16(15)19)6-8-22-12(2)20/h3,13-17,19H,1,4-11H2,2H3. The van der Waals surface area contributed by atoms with Crippen molar-refractivity contribution in [2.75, 3.05) is 13.2 Å². The largest absolute Gasteiger partial charge is 0.466 e. The van der Waals surface area contributed by atoms with Crippen LogP contribution in [0.25, 0.3) is 0 Å². The van der Waals surface area contributed by atoms with Gasteiger partial charge in [-0.2, -0.15) is 0 Å². The molecule has 0 amide bonds. The van der Waals surface area contributed by atoms with Crippen LogP contribution in [0, 0.1) is 35.5 Å². The van der Waals surface area contributed by atoms with Gasteiger partial charge < -0.3 is 9.47 Å². The zero-order valence-corrected chi connectivity index (χ0v) is 14.0. The zero-order valence-electron chi connectivity index (χ0n) is 14.0. The van der Waals surface area contributed by atoms with Crippen LogP contribution in [0.2, 0.25) is 0 Å². The van der Waals surface area contributed by atoms with Crippen LogP contribution in [-0.2, 0) is 19.1 Å². The molecule has 0 aromatic carbocycles. The third kappa shape index (κ3) is 3.46. The van der Waals surface area contributed by atoms with E-state index in [0.717, 1.165) is 36.5 Å². The summed E-state index contributed by atoms with van der Waals surface area (Å²) >= 11 is 0. The highest BCUT2D eigenvalue weighted by Crippen LogP contribution is 2.63. The summed E-state index contributed by atoms with van der Waals surface area (Å²) in [6.07, 6.45) is 8.56. The van der Waals surface area contributed by atoms with Crippen LogP contribution in [0.1, 0.15) is 45.4 Å². The van der Waals surface area contributed by atoms with Crippen molar-refractivity contribution in [3.8, 4) is 0 Å². The molecule has 4 nitrogen and oxygen atoms in total. The Labute approximate surface area is 138 Å². The first-order valence-corrected chi connectivity index (χ1v) is 9.02. The van der Waals surface area contributed by atoms with Gasteiger partial charge in [0.2, 0.25) is 0 Å². The van der Waals surface area contributed by atoms with Gasteiger partial charge in [0, 0.05) is 13.0 Å². The Morgan fingerprint density at radius 1 is 1.04 bits per heavy atom. The maximum Gasteiger partial charge on any atom is 0.330 e. The van der Waals surface area contributed by atoms with E-state index in [0.29, 0.717) is 25.0 Å². The third-order valence-electron chi connectivity index (χ3n) is 6.49. The van der Waals surface area contributed by atoms with Crippen LogP contribution in [0.4, 0.5) is 0 Å². The third-order valence-corrected chi connectivity index (χ3v) is 6.49.